The molecule has 1 amide bonds. The summed E-state index contributed by atoms with van der Waals surface area (Å²) in [6.07, 6.45) is 0. The average Bonchev–Trinajstić information content (AvgIpc) is 2.53. The minimum Gasteiger partial charge on any atom is -0.497 e. The number of amides is 1. The molecule has 0 N–H and O–H groups in total. The van der Waals surface area contributed by atoms with Crippen molar-refractivity contribution in [3.63, 3.8) is 0 Å². The number of carbonyl (C=O) groups excluding carboxylic acids is 1. The van der Waals surface area contributed by atoms with E-state index in [4.69, 9.17) is 4.74 Å². The van der Waals surface area contributed by atoms with E-state index < -0.39 is 0 Å². The number of methoxy groups -OCH3 is 1. The molecule has 4 heteroatoms. The lowest BCUT2D eigenvalue weighted by atomic mass is 10.1. The number of nitrogens with zero attached hydrogens (tertiary/aromatic N) is 1. The highest BCUT2D eigenvalue weighted by Crippen LogP contribution is 2.37. The lowest BCUT2D eigenvalue weighted by Gasteiger charge is -2.20. The van der Waals surface area contributed by atoms with Gasteiger partial charge >= 0.3 is 0 Å². The molecule has 110 valence electrons. The Bertz CT molecular complexity index is 599. The van der Waals surface area contributed by atoms with Crippen LogP contribution >= 0.6 is 11.8 Å². The number of hydrogen-bond donors (Lipinski definition) is 0. The zero-order valence-electron chi connectivity index (χ0n) is 12.4. The minimum atomic E-state index is -0.256. The zero-order valence-corrected chi connectivity index (χ0v) is 13.3. The van der Waals surface area contributed by atoms with E-state index in [2.05, 4.69) is 0 Å². The maximum Gasteiger partial charge on any atom is 0.240 e. The first kappa shape index (κ1) is 15.4. The van der Waals surface area contributed by atoms with E-state index in [1.807, 2.05) is 54.6 Å². The molecule has 0 radical (unpaired) electrons. The quantitative estimate of drug-likeness (QED) is 0.790. The van der Waals surface area contributed by atoms with Crippen LogP contribution in [0.25, 0.3) is 0 Å². The molecule has 0 fully saturated rings. The van der Waals surface area contributed by atoms with Gasteiger partial charge in [0.15, 0.2) is 0 Å². The number of rotatable bonds is 5. The number of benzene rings is 2. The monoisotopic (exact) mass is 301 g/mol. The molecule has 2 aromatic rings. The van der Waals surface area contributed by atoms with Crippen LogP contribution in [0.4, 0.5) is 0 Å². The van der Waals surface area contributed by atoms with Crippen LogP contribution in [-0.2, 0) is 4.79 Å². The van der Waals surface area contributed by atoms with Crippen molar-refractivity contribution in [1.82, 2.24) is 4.90 Å². The van der Waals surface area contributed by atoms with Crippen molar-refractivity contribution in [1.29, 1.82) is 0 Å². The van der Waals surface area contributed by atoms with E-state index in [9.17, 15) is 4.79 Å². The van der Waals surface area contributed by atoms with Gasteiger partial charge in [-0.15, -0.1) is 11.8 Å². The topological polar surface area (TPSA) is 29.5 Å². The van der Waals surface area contributed by atoms with Crippen molar-refractivity contribution in [2.45, 2.75) is 10.1 Å². The van der Waals surface area contributed by atoms with E-state index in [0.717, 1.165) is 16.2 Å². The molecule has 0 bridgehead atoms. The second kappa shape index (κ2) is 7.18. The van der Waals surface area contributed by atoms with Crippen molar-refractivity contribution < 1.29 is 9.53 Å². The second-order valence-electron chi connectivity index (χ2n) is 4.82. The van der Waals surface area contributed by atoms with Gasteiger partial charge < -0.3 is 9.64 Å². The molecule has 0 aliphatic carbocycles. The Morgan fingerprint density at radius 2 is 1.81 bits per heavy atom. The first-order valence-corrected chi connectivity index (χ1v) is 7.56. The molecule has 2 aromatic carbocycles. The lowest BCUT2D eigenvalue weighted by molar-refractivity contribution is -0.128. The molecule has 0 aliphatic rings. The highest BCUT2D eigenvalue weighted by atomic mass is 32.2. The fourth-order valence-electron chi connectivity index (χ4n) is 1.93. The molecule has 2 rings (SSSR count). The number of hydrogen-bond acceptors (Lipinski definition) is 3. The lowest BCUT2D eigenvalue weighted by Crippen LogP contribution is -2.26. The Kier molecular flexibility index (Phi) is 5.28. The van der Waals surface area contributed by atoms with Crippen molar-refractivity contribution in [3.05, 3.63) is 60.2 Å². The molecule has 0 heterocycles. The third-order valence-electron chi connectivity index (χ3n) is 3.06. The van der Waals surface area contributed by atoms with Crippen molar-refractivity contribution in [2.24, 2.45) is 0 Å². The Morgan fingerprint density at radius 3 is 2.43 bits per heavy atom. The fourth-order valence-corrected chi connectivity index (χ4v) is 3.15. The van der Waals surface area contributed by atoms with Gasteiger partial charge in [0.05, 0.1) is 7.11 Å². The van der Waals surface area contributed by atoms with Crippen molar-refractivity contribution in [3.8, 4) is 5.75 Å². The molecule has 3 nitrogen and oxygen atoms in total. The van der Waals surface area contributed by atoms with Gasteiger partial charge in [-0.1, -0.05) is 36.4 Å². The normalized spacial score (nSPS) is 11.8. The van der Waals surface area contributed by atoms with Gasteiger partial charge in [-0.25, -0.2) is 0 Å². The van der Waals surface area contributed by atoms with Gasteiger partial charge in [-0.2, -0.15) is 0 Å². The molecule has 21 heavy (non-hydrogen) atoms. The Hall–Kier alpha value is -1.94. The maximum absolute atomic E-state index is 12.5. The standard InChI is InChI=1S/C17H19NO2S/c1-18(2)17(19)16(13-8-5-4-6-9-13)21-15-11-7-10-14(12-15)20-3/h4-12,16H,1-3H3. The first-order chi connectivity index (χ1) is 10.1. The summed E-state index contributed by atoms with van der Waals surface area (Å²) in [7, 11) is 5.21. The molecular weight excluding hydrogens is 282 g/mol. The van der Waals surface area contributed by atoms with Crippen LogP contribution in [0.3, 0.4) is 0 Å². The molecule has 0 spiro atoms. The molecule has 0 aromatic heterocycles. The minimum absolute atomic E-state index is 0.0778. The Labute approximate surface area is 129 Å². The van der Waals surface area contributed by atoms with Crippen molar-refractivity contribution in [2.75, 3.05) is 21.2 Å². The largest absolute Gasteiger partial charge is 0.497 e. The van der Waals surface area contributed by atoms with Crippen molar-refractivity contribution >= 4 is 17.7 Å². The summed E-state index contributed by atoms with van der Waals surface area (Å²) < 4.78 is 5.24. The third kappa shape index (κ3) is 4.02. The number of ether oxygens (including phenoxy) is 1. The second-order valence-corrected chi connectivity index (χ2v) is 6.00. The van der Waals surface area contributed by atoms with Gasteiger partial charge in [0.1, 0.15) is 11.0 Å². The maximum atomic E-state index is 12.5. The predicted octanol–water partition coefficient (Wildman–Crippen LogP) is 3.62. The van der Waals surface area contributed by atoms with Crippen LogP contribution in [0, 0.1) is 0 Å². The molecule has 0 aliphatic heterocycles. The van der Waals surface area contributed by atoms with Crippen LogP contribution in [0.1, 0.15) is 10.8 Å². The average molecular weight is 301 g/mol. The SMILES string of the molecule is COc1cccc(SC(C(=O)N(C)C)c2ccccc2)c1. The Balaban J connectivity index is 2.30. The number of likely N-dealkylation sites (N-methyl/N-ethyl adjacent to an activating group) is 1. The molecule has 0 saturated heterocycles. The zero-order chi connectivity index (χ0) is 15.2. The summed E-state index contributed by atoms with van der Waals surface area (Å²) in [5.74, 6) is 0.873. The fraction of sp³-hybridized carbons (Fsp3) is 0.235. The summed E-state index contributed by atoms with van der Waals surface area (Å²) >= 11 is 1.54. The summed E-state index contributed by atoms with van der Waals surface area (Å²) in [6.45, 7) is 0. The summed E-state index contributed by atoms with van der Waals surface area (Å²) in [5.41, 5.74) is 1.00. The highest BCUT2D eigenvalue weighted by molar-refractivity contribution is 8.00. The van der Waals surface area contributed by atoms with Gasteiger partial charge in [0, 0.05) is 19.0 Å². The molecule has 0 saturated carbocycles. The molecule has 1 atom stereocenters. The predicted molar refractivity (Wildman–Crippen MR) is 86.7 cm³/mol. The number of carbonyl (C=O) groups is 1. The summed E-state index contributed by atoms with van der Waals surface area (Å²) in [5, 5.41) is -0.256. The van der Waals surface area contributed by atoms with E-state index in [-0.39, 0.29) is 11.2 Å². The van der Waals surface area contributed by atoms with E-state index in [1.165, 1.54) is 11.8 Å². The summed E-state index contributed by atoms with van der Waals surface area (Å²) in [6, 6.07) is 17.6. The Morgan fingerprint density at radius 1 is 1.10 bits per heavy atom. The van der Waals surface area contributed by atoms with Gasteiger partial charge in [0.25, 0.3) is 0 Å². The van der Waals surface area contributed by atoms with Gasteiger partial charge in [0.2, 0.25) is 5.91 Å². The molecular formula is C17H19NO2S. The highest BCUT2D eigenvalue weighted by Gasteiger charge is 2.23. The van der Waals surface area contributed by atoms with Crippen LogP contribution < -0.4 is 4.74 Å². The molecule has 1 unspecified atom stereocenters. The summed E-state index contributed by atoms with van der Waals surface area (Å²) in [4.78, 5) is 15.1. The van der Waals surface area contributed by atoms with Gasteiger partial charge in [-0.3, -0.25) is 4.79 Å². The van der Waals surface area contributed by atoms with E-state index >= 15 is 0 Å². The van der Waals surface area contributed by atoms with E-state index in [1.54, 1.807) is 26.1 Å². The smallest absolute Gasteiger partial charge is 0.240 e. The van der Waals surface area contributed by atoms with Crippen LogP contribution in [-0.4, -0.2) is 32.0 Å². The first-order valence-electron chi connectivity index (χ1n) is 6.68. The number of thioether (sulfide) groups is 1. The van der Waals surface area contributed by atoms with Crippen LogP contribution in [0.2, 0.25) is 0 Å². The van der Waals surface area contributed by atoms with Crippen LogP contribution in [0.5, 0.6) is 5.75 Å². The van der Waals surface area contributed by atoms with Crippen LogP contribution in [0.15, 0.2) is 59.5 Å². The van der Waals surface area contributed by atoms with E-state index in [0.29, 0.717) is 0 Å². The van der Waals surface area contributed by atoms with Gasteiger partial charge in [-0.05, 0) is 23.8 Å². The third-order valence-corrected chi connectivity index (χ3v) is 4.30.